The molecule has 30 heavy (non-hydrogen) atoms. The maximum absolute atomic E-state index is 13.1. The molecule has 2 aliphatic rings. The van der Waals surface area contributed by atoms with Gasteiger partial charge in [-0.2, -0.15) is 0 Å². The summed E-state index contributed by atoms with van der Waals surface area (Å²) < 4.78 is 7.60. The van der Waals surface area contributed by atoms with Gasteiger partial charge in [0.15, 0.2) is 5.16 Å². The number of aromatic nitrogens is 3. The third-order valence-electron chi connectivity index (χ3n) is 5.72. The van der Waals surface area contributed by atoms with Crippen molar-refractivity contribution in [1.82, 2.24) is 19.7 Å². The average Bonchev–Trinajstić information content (AvgIpc) is 2.98. The van der Waals surface area contributed by atoms with Crippen molar-refractivity contribution in [3.05, 3.63) is 29.8 Å². The molecule has 0 radical (unpaired) electrons. The zero-order chi connectivity index (χ0) is 20.9. The second-order valence-corrected chi connectivity index (χ2v) is 9.36. The number of morpholine rings is 1. The van der Waals surface area contributed by atoms with Gasteiger partial charge in [0.05, 0.1) is 24.2 Å². The largest absolute Gasteiger partial charge is 0.378 e. The normalized spacial score (nSPS) is 18.9. The van der Waals surface area contributed by atoms with Gasteiger partial charge in [-0.1, -0.05) is 36.7 Å². The van der Waals surface area contributed by atoms with E-state index < -0.39 is 0 Å². The molecule has 4 rings (SSSR count). The van der Waals surface area contributed by atoms with Gasteiger partial charge in [-0.25, -0.2) is 0 Å². The van der Waals surface area contributed by atoms with Gasteiger partial charge in [0.2, 0.25) is 11.9 Å². The number of likely N-dealkylation sites (tertiary alicyclic amines) is 1. The fraction of sp³-hybridized carbons (Fsp3) is 0.591. The molecule has 1 amide bonds. The van der Waals surface area contributed by atoms with Crippen LogP contribution < -0.4 is 4.90 Å². The lowest BCUT2D eigenvalue weighted by Gasteiger charge is -2.28. The number of rotatable bonds is 5. The fourth-order valence-corrected chi connectivity index (χ4v) is 5.00. The fourth-order valence-electron chi connectivity index (χ4n) is 4.06. The summed E-state index contributed by atoms with van der Waals surface area (Å²) in [5.41, 5.74) is 2.21. The third kappa shape index (κ3) is 4.81. The van der Waals surface area contributed by atoms with Crippen molar-refractivity contribution in [2.75, 3.05) is 44.3 Å². The molecule has 1 aromatic heterocycles. The Morgan fingerprint density at radius 2 is 1.80 bits per heavy atom. The molecular formula is C22H31N5O2S. The molecule has 0 bridgehead atoms. The van der Waals surface area contributed by atoms with Crippen molar-refractivity contribution < 1.29 is 9.53 Å². The zero-order valence-electron chi connectivity index (χ0n) is 17.9. The Balaban J connectivity index is 1.60. The predicted molar refractivity (Wildman–Crippen MR) is 119 cm³/mol. The van der Waals surface area contributed by atoms with E-state index in [1.807, 2.05) is 17.9 Å². The number of carbonyl (C=O) groups is 1. The first-order valence-corrected chi connectivity index (χ1v) is 11.8. The SMILES string of the molecule is Cc1cccc(-n2c(SC(C)C(=O)N3CCCCCC3)nnc2N2CCOCC2)c1. The van der Waals surface area contributed by atoms with E-state index in [4.69, 9.17) is 4.74 Å². The molecule has 7 nitrogen and oxygen atoms in total. The molecule has 162 valence electrons. The van der Waals surface area contributed by atoms with Crippen molar-refractivity contribution in [2.24, 2.45) is 0 Å². The minimum Gasteiger partial charge on any atom is -0.378 e. The molecule has 2 saturated heterocycles. The van der Waals surface area contributed by atoms with E-state index in [9.17, 15) is 4.79 Å². The second-order valence-electron chi connectivity index (χ2n) is 8.06. The minimum atomic E-state index is -0.201. The number of amides is 1. The van der Waals surface area contributed by atoms with E-state index in [0.717, 1.165) is 55.8 Å². The minimum absolute atomic E-state index is 0.201. The van der Waals surface area contributed by atoms with Gasteiger partial charge in [-0.15, -0.1) is 10.2 Å². The van der Waals surface area contributed by atoms with Gasteiger partial charge >= 0.3 is 0 Å². The van der Waals surface area contributed by atoms with Crippen LogP contribution >= 0.6 is 11.8 Å². The monoisotopic (exact) mass is 429 g/mol. The lowest BCUT2D eigenvalue weighted by Crippen LogP contribution is -2.38. The molecule has 0 saturated carbocycles. The van der Waals surface area contributed by atoms with E-state index in [-0.39, 0.29) is 11.2 Å². The van der Waals surface area contributed by atoms with Crippen LogP contribution in [0.15, 0.2) is 29.4 Å². The molecule has 0 spiro atoms. The van der Waals surface area contributed by atoms with Crippen LogP contribution in [0.25, 0.3) is 5.69 Å². The lowest BCUT2D eigenvalue weighted by molar-refractivity contribution is -0.130. The molecule has 1 aromatic carbocycles. The first-order chi connectivity index (χ1) is 14.6. The van der Waals surface area contributed by atoms with Gasteiger partial charge in [0, 0.05) is 26.2 Å². The summed E-state index contributed by atoms with van der Waals surface area (Å²) >= 11 is 1.50. The molecule has 0 N–H and O–H groups in total. The second kappa shape index (κ2) is 9.83. The van der Waals surface area contributed by atoms with Crippen LogP contribution in [0.1, 0.15) is 38.2 Å². The smallest absolute Gasteiger partial charge is 0.235 e. The van der Waals surface area contributed by atoms with E-state index in [2.05, 4.69) is 44.8 Å². The van der Waals surface area contributed by atoms with E-state index in [1.165, 1.54) is 30.2 Å². The Bertz CT molecular complexity index is 857. The van der Waals surface area contributed by atoms with Crippen LogP contribution in [0.3, 0.4) is 0 Å². The molecular weight excluding hydrogens is 398 g/mol. The summed E-state index contributed by atoms with van der Waals surface area (Å²) in [7, 11) is 0. The maximum Gasteiger partial charge on any atom is 0.235 e. The van der Waals surface area contributed by atoms with Crippen LogP contribution in [-0.4, -0.2) is 70.2 Å². The first kappa shape index (κ1) is 21.2. The Kier molecular flexibility index (Phi) is 6.94. The highest BCUT2D eigenvalue weighted by atomic mass is 32.2. The van der Waals surface area contributed by atoms with E-state index in [0.29, 0.717) is 13.2 Å². The van der Waals surface area contributed by atoms with Gasteiger partial charge in [0.1, 0.15) is 0 Å². The summed E-state index contributed by atoms with van der Waals surface area (Å²) in [5.74, 6) is 1.02. The number of thioether (sulfide) groups is 1. The predicted octanol–water partition coefficient (Wildman–Crippen LogP) is 3.30. The number of carbonyl (C=O) groups excluding carboxylic acids is 1. The third-order valence-corrected chi connectivity index (χ3v) is 6.75. The van der Waals surface area contributed by atoms with Crippen LogP contribution in [0.2, 0.25) is 0 Å². The Hall–Kier alpha value is -2.06. The average molecular weight is 430 g/mol. The van der Waals surface area contributed by atoms with Gasteiger partial charge in [0.25, 0.3) is 0 Å². The molecule has 2 aliphatic heterocycles. The van der Waals surface area contributed by atoms with Crippen LogP contribution in [0.5, 0.6) is 0 Å². The number of hydrogen-bond acceptors (Lipinski definition) is 6. The Labute approximate surface area is 182 Å². The summed E-state index contributed by atoms with van der Waals surface area (Å²) in [6.07, 6.45) is 4.64. The van der Waals surface area contributed by atoms with Crippen molar-refractivity contribution in [3.63, 3.8) is 0 Å². The molecule has 0 aliphatic carbocycles. The van der Waals surface area contributed by atoms with Crippen molar-refractivity contribution in [3.8, 4) is 5.69 Å². The molecule has 8 heteroatoms. The van der Waals surface area contributed by atoms with Crippen molar-refractivity contribution in [1.29, 1.82) is 0 Å². The number of ether oxygens (including phenoxy) is 1. The number of anilines is 1. The highest BCUT2D eigenvalue weighted by molar-refractivity contribution is 8.00. The molecule has 3 heterocycles. The van der Waals surface area contributed by atoms with Gasteiger partial charge in [-0.05, 0) is 44.4 Å². The summed E-state index contributed by atoms with van der Waals surface area (Å²) in [5, 5.41) is 9.59. The van der Waals surface area contributed by atoms with Crippen molar-refractivity contribution >= 4 is 23.6 Å². The van der Waals surface area contributed by atoms with E-state index >= 15 is 0 Å². The zero-order valence-corrected chi connectivity index (χ0v) is 18.7. The summed E-state index contributed by atoms with van der Waals surface area (Å²) in [6.45, 7) is 8.76. The molecule has 2 fully saturated rings. The summed E-state index contributed by atoms with van der Waals surface area (Å²) in [6, 6.07) is 8.35. The highest BCUT2D eigenvalue weighted by Gasteiger charge is 2.27. The topological polar surface area (TPSA) is 63.5 Å². The lowest BCUT2D eigenvalue weighted by atomic mass is 10.2. The number of nitrogens with zero attached hydrogens (tertiary/aromatic N) is 5. The number of benzene rings is 1. The van der Waals surface area contributed by atoms with Crippen LogP contribution in [-0.2, 0) is 9.53 Å². The van der Waals surface area contributed by atoms with Gasteiger partial charge < -0.3 is 14.5 Å². The van der Waals surface area contributed by atoms with Gasteiger partial charge in [-0.3, -0.25) is 9.36 Å². The summed E-state index contributed by atoms with van der Waals surface area (Å²) in [4.78, 5) is 17.3. The number of hydrogen-bond donors (Lipinski definition) is 0. The Morgan fingerprint density at radius 3 is 2.50 bits per heavy atom. The number of aryl methyl sites for hydroxylation is 1. The maximum atomic E-state index is 13.1. The first-order valence-electron chi connectivity index (χ1n) is 10.9. The van der Waals surface area contributed by atoms with Crippen LogP contribution in [0.4, 0.5) is 5.95 Å². The van der Waals surface area contributed by atoms with Crippen molar-refractivity contribution in [2.45, 2.75) is 49.9 Å². The Morgan fingerprint density at radius 1 is 1.07 bits per heavy atom. The van der Waals surface area contributed by atoms with E-state index in [1.54, 1.807) is 0 Å². The molecule has 2 aromatic rings. The van der Waals surface area contributed by atoms with Crippen LogP contribution in [0, 0.1) is 6.92 Å². The standard InChI is InChI=1S/C22H31N5O2S/c1-17-8-7-9-19(16-17)27-21(26-12-14-29-15-13-26)23-24-22(27)30-18(2)20(28)25-10-5-3-4-6-11-25/h7-9,16,18H,3-6,10-15H2,1-2H3. The molecule has 1 atom stereocenters. The molecule has 1 unspecified atom stereocenters. The quantitative estimate of drug-likeness (QED) is 0.680. The highest BCUT2D eigenvalue weighted by Crippen LogP contribution is 2.31.